The zero-order valence-corrected chi connectivity index (χ0v) is 75.3. The third kappa shape index (κ3) is 17.4. The molecule has 4 heterocycles. The van der Waals surface area contributed by atoms with Crippen LogP contribution in [0.2, 0.25) is 10.0 Å². The van der Waals surface area contributed by atoms with E-state index in [1.807, 2.05) is 220 Å². The number of fused-ring (bicyclic) bond motifs is 5. The van der Waals surface area contributed by atoms with Crippen molar-refractivity contribution in [2.75, 3.05) is 0 Å². The van der Waals surface area contributed by atoms with Gasteiger partial charge in [-0.2, -0.15) is 0 Å². The highest BCUT2D eigenvalue weighted by atomic mass is 35.5. The second-order valence-electron chi connectivity index (χ2n) is 40.6. The summed E-state index contributed by atoms with van der Waals surface area (Å²) in [5, 5.41) is 0.301. The van der Waals surface area contributed by atoms with Crippen LogP contribution in [0.1, 0.15) is 289 Å². The van der Waals surface area contributed by atoms with E-state index in [9.17, 15) is 0 Å². The standard InChI is InChI=1S/C97H128B4Cl2O14/c1-61(2)32-30-33-62(3)75-46-47-76-72-45-44-70-52-63(48-50-96(70,20)77(72)49-51-97(75,76)21)34-31-39-71(68-53-73(86(104)108-59-66-37-24-28-42-80(66)100-114-92(12,13)93(14,15)115-100)84(82(102)55-68)106-57-64-35-22-26-40-78(64)98-110-88(4,5)89(6,7)111-98)69-54-74(87(105)109-60-67-38-25-29-43-81(67)101-116-94(16,17)95(18,19)117-101)85(83(103)56-69)107-58-65-36-23-27-41-79(65)99-112-90(8,9)91(10,11)113-99/h22-29,35-43,53-56,61-63,70,72,75-77H,30-34,44-52,57-60H2,1-21H3. The molecule has 20 heteroatoms. The maximum atomic E-state index is 15.7. The van der Waals surface area contributed by atoms with Crippen molar-refractivity contribution in [2.24, 2.45) is 58.2 Å². The lowest BCUT2D eigenvalue weighted by molar-refractivity contribution is -0.121. The molecule has 0 aromatic heterocycles. The molecule has 6 aromatic rings. The minimum Gasteiger partial charge on any atom is -0.486 e. The van der Waals surface area contributed by atoms with Crippen molar-refractivity contribution < 1.29 is 65.8 Å². The second-order valence-corrected chi connectivity index (χ2v) is 41.4. The Balaban J connectivity index is 0.838. The molecule has 0 N–H and O–H groups in total. The summed E-state index contributed by atoms with van der Waals surface area (Å²) in [6.07, 6.45) is 19.6. The number of allylic oxidation sites excluding steroid dienone is 1. The highest BCUT2D eigenvalue weighted by molar-refractivity contribution is 6.64. The number of carbonyl (C=O) groups is 2. The SMILES string of the molecule is CC(C)CCCC(C)C1CCC2C3CCC4CC(CCC=C(c5cc(Cl)c(OCc6ccccc6B6OC(C)(C)C(C)(C)O6)c(C(=O)OCc6ccccc6B6OC(C)(C)C(C)(C)O6)c5)c5cc(Cl)c(OCc6ccccc6B6OC(C)(C)C(C)(C)O6)c(C(=O)OCc6ccccc6B6OC(C)(C)C(C)(C)O6)c5)CCC4(C)C3CCC12C. The number of rotatable bonds is 26. The van der Waals surface area contributed by atoms with Crippen LogP contribution in [0.3, 0.4) is 0 Å². The Kier molecular flexibility index (Phi) is 25.0. The number of carbonyl (C=O) groups excluding carboxylic acids is 2. The molecule has 9 atom stereocenters. The van der Waals surface area contributed by atoms with Crippen LogP contribution in [0.4, 0.5) is 0 Å². The molecule has 4 aliphatic heterocycles. The fourth-order valence-electron chi connectivity index (χ4n) is 20.8. The Hall–Kier alpha value is -5.88. The molecule has 14 rings (SSSR count). The Morgan fingerprint density at radius 2 is 0.812 bits per heavy atom. The average molecular weight is 1630 g/mol. The van der Waals surface area contributed by atoms with Gasteiger partial charge in [-0.1, -0.05) is 180 Å². The van der Waals surface area contributed by atoms with E-state index in [2.05, 4.69) is 40.7 Å². The van der Waals surface area contributed by atoms with E-state index in [1.54, 1.807) is 12.1 Å². The predicted octanol–water partition coefficient (Wildman–Crippen LogP) is 21.0. The van der Waals surface area contributed by atoms with Crippen LogP contribution in [-0.4, -0.2) is 85.2 Å². The Bertz CT molecular complexity index is 4370. The predicted molar refractivity (Wildman–Crippen MR) is 471 cm³/mol. The van der Waals surface area contributed by atoms with Gasteiger partial charge in [-0.15, -0.1) is 0 Å². The summed E-state index contributed by atoms with van der Waals surface area (Å²) in [7, 11) is -2.85. The van der Waals surface area contributed by atoms with Gasteiger partial charge in [0.1, 0.15) is 37.6 Å². The normalized spacial score (nSPS) is 27.0. The molecular weight excluding hydrogens is 1500 g/mol. The summed E-state index contributed by atoms with van der Waals surface area (Å²) in [4.78, 5) is 31.5. The molecule has 0 amide bonds. The Morgan fingerprint density at radius 3 is 1.21 bits per heavy atom. The first-order valence-corrected chi connectivity index (χ1v) is 44.5. The van der Waals surface area contributed by atoms with Crippen LogP contribution in [0.15, 0.2) is 127 Å². The molecule has 0 radical (unpaired) electrons. The first-order chi connectivity index (χ1) is 55.0. The first-order valence-electron chi connectivity index (χ1n) is 43.7. The molecule has 4 saturated carbocycles. The average Bonchev–Trinajstić information content (AvgIpc) is 1.68. The van der Waals surface area contributed by atoms with Crippen molar-refractivity contribution in [3.05, 3.63) is 182 Å². The van der Waals surface area contributed by atoms with Gasteiger partial charge in [0.05, 0.1) is 54.9 Å². The molecule has 626 valence electrons. The zero-order chi connectivity index (χ0) is 84.0. The van der Waals surface area contributed by atoms with Crippen LogP contribution in [0, 0.1) is 58.2 Å². The minimum absolute atomic E-state index is 0.0148. The summed E-state index contributed by atoms with van der Waals surface area (Å²) in [6, 6.07) is 38.3. The highest BCUT2D eigenvalue weighted by Crippen LogP contribution is 2.69. The van der Waals surface area contributed by atoms with E-state index in [0.717, 1.165) is 81.3 Å². The molecule has 8 aliphatic rings. The van der Waals surface area contributed by atoms with Gasteiger partial charge in [0, 0.05) is 0 Å². The first kappa shape index (κ1) is 87.5. The number of hydrogen-bond donors (Lipinski definition) is 0. The van der Waals surface area contributed by atoms with Crippen LogP contribution in [0.5, 0.6) is 11.5 Å². The Labute approximate surface area is 710 Å². The maximum absolute atomic E-state index is 15.7. The van der Waals surface area contributed by atoms with Crippen molar-refractivity contribution in [1.29, 1.82) is 0 Å². The third-order valence-electron chi connectivity index (χ3n) is 30.8. The van der Waals surface area contributed by atoms with E-state index in [4.69, 9.17) is 79.4 Å². The van der Waals surface area contributed by atoms with Crippen molar-refractivity contribution in [2.45, 2.75) is 307 Å². The number of halogens is 2. The number of hydrogen-bond acceptors (Lipinski definition) is 14. The quantitative estimate of drug-likeness (QED) is 0.0375. The second kappa shape index (κ2) is 33.4. The number of esters is 2. The van der Waals surface area contributed by atoms with Gasteiger partial charge in [-0.05, 0) is 325 Å². The van der Waals surface area contributed by atoms with Gasteiger partial charge in [0.2, 0.25) is 0 Å². The van der Waals surface area contributed by atoms with Gasteiger partial charge in [0.25, 0.3) is 0 Å². The van der Waals surface area contributed by atoms with Crippen molar-refractivity contribution in [3.63, 3.8) is 0 Å². The van der Waals surface area contributed by atoms with Gasteiger partial charge < -0.3 is 56.2 Å². The third-order valence-corrected chi connectivity index (χ3v) is 31.3. The largest absolute Gasteiger partial charge is 0.495 e. The van der Waals surface area contributed by atoms with Crippen LogP contribution >= 0.6 is 23.2 Å². The van der Waals surface area contributed by atoms with Crippen LogP contribution in [-0.2, 0) is 73.1 Å². The molecule has 0 spiro atoms. The van der Waals surface area contributed by atoms with Crippen molar-refractivity contribution in [3.8, 4) is 11.5 Å². The lowest BCUT2D eigenvalue weighted by Crippen LogP contribution is -2.53. The van der Waals surface area contributed by atoms with E-state index in [1.165, 1.54) is 70.6 Å². The summed E-state index contributed by atoms with van der Waals surface area (Å²) in [5.41, 5.74) is 3.73. The topological polar surface area (TPSA) is 145 Å². The smallest absolute Gasteiger partial charge is 0.486 e. The number of ether oxygens (including phenoxy) is 4. The van der Waals surface area contributed by atoms with Crippen LogP contribution in [0.25, 0.3) is 5.57 Å². The molecule has 0 bridgehead atoms. The number of benzene rings is 6. The molecule has 4 aliphatic carbocycles. The lowest BCUT2D eigenvalue weighted by Gasteiger charge is -2.61. The minimum atomic E-state index is -0.724. The van der Waals surface area contributed by atoms with Gasteiger partial charge in [-0.3, -0.25) is 0 Å². The van der Waals surface area contributed by atoms with Gasteiger partial charge in [0.15, 0.2) is 11.5 Å². The van der Waals surface area contributed by atoms with E-state index in [-0.39, 0.29) is 59.1 Å². The summed E-state index contributed by atoms with van der Waals surface area (Å²) in [5.74, 6) is 4.73. The molecular formula is C97H128B4Cl2O14. The zero-order valence-electron chi connectivity index (χ0n) is 73.8. The van der Waals surface area contributed by atoms with Crippen molar-refractivity contribution >= 4 is 91.0 Å². The fraction of sp³-hybridized carbons (Fsp3) is 0.588. The summed E-state index contributed by atoms with van der Waals surface area (Å²) >= 11 is 15.6. The molecule has 6 aromatic carbocycles. The maximum Gasteiger partial charge on any atom is 0.495 e. The molecule has 8 fully saturated rings. The lowest BCUT2D eigenvalue weighted by atomic mass is 9.44. The van der Waals surface area contributed by atoms with Crippen LogP contribution < -0.4 is 31.3 Å². The summed E-state index contributed by atoms with van der Waals surface area (Å²) < 4.78 is 79.7. The fourth-order valence-corrected chi connectivity index (χ4v) is 21.3. The van der Waals surface area contributed by atoms with E-state index < -0.39 is 85.2 Å². The van der Waals surface area contributed by atoms with Gasteiger partial charge in [-0.25, -0.2) is 9.59 Å². The summed E-state index contributed by atoms with van der Waals surface area (Å²) in [6.45, 7) is 44.8. The molecule has 9 unspecified atom stereocenters. The molecule has 117 heavy (non-hydrogen) atoms. The Morgan fingerprint density at radius 1 is 0.444 bits per heavy atom. The molecule has 14 nitrogen and oxygen atoms in total. The van der Waals surface area contributed by atoms with Gasteiger partial charge >= 0.3 is 40.4 Å². The van der Waals surface area contributed by atoms with E-state index in [0.29, 0.717) is 56.9 Å². The van der Waals surface area contributed by atoms with E-state index >= 15 is 9.59 Å². The molecule has 4 saturated heterocycles. The highest BCUT2D eigenvalue weighted by Gasteiger charge is 2.62. The monoisotopic (exact) mass is 1630 g/mol. The van der Waals surface area contributed by atoms with Crippen molar-refractivity contribution in [1.82, 2.24) is 0 Å².